The molecule has 1 aromatic rings. The Balaban J connectivity index is 2.07. The molecule has 2 rings (SSSR count). The second kappa shape index (κ2) is 9.44. The lowest BCUT2D eigenvalue weighted by atomic mass is 9.89. The maximum absolute atomic E-state index is 12.6. The molecule has 0 aromatic heterocycles. The molecule has 5 nitrogen and oxygen atoms in total. The van der Waals surface area contributed by atoms with E-state index in [4.69, 9.17) is 0 Å². The van der Waals surface area contributed by atoms with Gasteiger partial charge in [-0.05, 0) is 43.9 Å². The summed E-state index contributed by atoms with van der Waals surface area (Å²) in [6, 6.07) is 7.95. The molecule has 0 bridgehead atoms. The molecule has 1 fully saturated rings. The maximum Gasteiger partial charge on any atom is 0.317 e. The molecule has 0 aliphatic carbocycles. The van der Waals surface area contributed by atoms with E-state index in [1.165, 1.54) is 0 Å². The topological polar surface area (TPSA) is 52.7 Å². The smallest absolute Gasteiger partial charge is 0.317 e. The Kier molecular flexibility index (Phi) is 7.29. The molecule has 1 aliphatic heterocycles. The van der Waals surface area contributed by atoms with Gasteiger partial charge in [-0.25, -0.2) is 4.79 Å². The van der Waals surface area contributed by atoms with Gasteiger partial charge in [-0.3, -0.25) is 4.79 Å². The summed E-state index contributed by atoms with van der Waals surface area (Å²) in [6.07, 6.45) is 4.15. The summed E-state index contributed by atoms with van der Waals surface area (Å²) >= 11 is 0. The number of hydrogen-bond acceptors (Lipinski definition) is 2. The van der Waals surface area contributed by atoms with E-state index in [-0.39, 0.29) is 11.9 Å². The number of nitrogens with one attached hydrogen (secondary N) is 1. The van der Waals surface area contributed by atoms with Gasteiger partial charge in [-0.1, -0.05) is 25.5 Å². The molecule has 0 unspecified atom stereocenters. The van der Waals surface area contributed by atoms with Gasteiger partial charge in [0, 0.05) is 44.7 Å². The van der Waals surface area contributed by atoms with Crippen LogP contribution >= 0.6 is 0 Å². The molecule has 5 heteroatoms. The number of nitrogens with zero attached hydrogens (tertiary/aromatic N) is 2. The quantitative estimate of drug-likeness (QED) is 0.858. The molecule has 1 saturated heterocycles. The van der Waals surface area contributed by atoms with Crippen LogP contribution in [0, 0.1) is 0 Å². The summed E-state index contributed by atoms with van der Waals surface area (Å²) in [5, 5.41) is 2.88. The van der Waals surface area contributed by atoms with Crippen LogP contribution in [0.25, 0.3) is 0 Å². The number of likely N-dealkylation sites (tertiary alicyclic amines) is 1. The summed E-state index contributed by atoms with van der Waals surface area (Å²) in [4.78, 5) is 28.4. The highest BCUT2D eigenvalue weighted by molar-refractivity contribution is 5.94. The Hall–Kier alpha value is -2.04. The first kappa shape index (κ1) is 19.3. The van der Waals surface area contributed by atoms with E-state index < -0.39 is 0 Å². The van der Waals surface area contributed by atoms with Gasteiger partial charge in [0.25, 0.3) is 5.91 Å². The summed E-state index contributed by atoms with van der Waals surface area (Å²) < 4.78 is 0. The lowest BCUT2D eigenvalue weighted by molar-refractivity contribution is 0.0793. The zero-order valence-electron chi connectivity index (χ0n) is 15.8. The lowest BCUT2D eigenvalue weighted by Crippen LogP contribution is -2.44. The highest BCUT2D eigenvalue weighted by Crippen LogP contribution is 2.27. The van der Waals surface area contributed by atoms with Crippen LogP contribution in [0.15, 0.2) is 24.3 Å². The van der Waals surface area contributed by atoms with E-state index in [1.807, 2.05) is 37.1 Å². The van der Waals surface area contributed by atoms with Gasteiger partial charge in [-0.15, -0.1) is 0 Å². The van der Waals surface area contributed by atoms with E-state index in [9.17, 15) is 9.59 Å². The van der Waals surface area contributed by atoms with Gasteiger partial charge < -0.3 is 15.1 Å². The van der Waals surface area contributed by atoms with Gasteiger partial charge in [0.15, 0.2) is 0 Å². The van der Waals surface area contributed by atoms with Crippen molar-refractivity contribution in [2.75, 3.05) is 33.2 Å². The normalized spacial score (nSPS) is 17.2. The molecule has 25 heavy (non-hydrogen) atoms. The summed E-state index contributed by atoms with van der Waals surface area (Å²) in [7, 11) is 1.86. The first-order valence-corrected chi connectivity index (χ1v) is 9.45. The van der Waals surface area contributed by atoms with Crippen LogP contribution in [0.5, 0.6) is 0 Å². The molecule has 1 heterocycles. The van der Waals surface area contributed by atoms with Gasteiger partial charge in [-0.2, -0.15) is 0 Å². The second-order valence-corrected chi connectivity index (χ2v) is 6.83. The van der Waals surface area contributed by atoms with Gasteiger partial charge >= 0.3 is 6.03 Å². The Morgan fingerprint density at radius 2 is 2.12 bits per heavy atom. The first-order valence-electron chi connectivity index (χ1n) is 9.45. The number of hydrogen-bond donors (Lipinski definition) is 1. The molecule has 1 aromatic carbocycles. The predicted octanol–water partition coefficient (Wildman–Crippen LogP) is 3.47. The minimum absolute atomic E-state index is 0.0127. The van der Waals surface area contributed by atoms with Crippen molar-refractivity contribution in [2.45, 2.75) is 45.4 Å². The van der Waals surface area contributed by atoms with Crippen LogP contribution in [0.2, 0.25) is 0 Å². The molecular weight excluding hydrogens is 314 g/mol. The van der Waals surface area contributed by atoms with Crippen LogP contribution in [0.4, 0.5) is 4.79 Å². The Bertz CT molecular complexity index is 588. The number of rotatable bonds is 6. The average Bonchev–Trinajstić information content (AvgIpc) is 2.66. The highest BCUT2D eigenvalue weighted by atomic mass is 16.2. The Morgan fingerprint density at radius 1 is 1.32 bits per heavy atom. The fourth-order valence-corrected chi connectivity index (χ4v) is 3.34. The number of amides is 3. The molecule has 138 valence electrons. The van der Waals surface area contributed by atoms with E-state index in [0.717, 1.165) is 56.4 Å². The monoisotopic (exact) mass is 345 g/mol. The fourth-order valence-electron chi connectivity index (χ4n) is 3.34. The largest absolute Gasteiger partial charge is 0.342 e. The Morgan fingerprint density at radius 3 is 2.84 bits per heavy atom. The third kappa shape index (κ3) is 5.21. The van der Waals surface area contributed by atoms with Crippen molar-refractivity contribution >= 4 is 11.9 Å². The molecule has 1 aliphatic rings. The van der Waals surface area contributed by atoms with E-state index >= 15 is 0 Å². The van der Waals surface area contributed by atoms with Crippen molar-refractivity contribution in [3.8, 4) is 0 Å². The molecule has 0 spiro atoms. The highest BCUT2D eigenvalue weighted by Gasteiger charge is 2.25. The fraction of sp³-hybridized carbons (Fsp3) is 0.600. The third-order valence-corrected chi connectivity index (χ3v) is 4.84. The van der Waals surface area contributed by atoms with Crippen LogP contribution in [0.3, 0.4) is 0 Å². The number of piperidine rings is 1. The number of unbranched alkanes of at least 4 members (excludes halogenated alkanes) is 1. The first-order chi connectivity index (χ1) is 12.1. The molecule has 1 atom stereocenters. The van der Waals surface area contributed by atoms with Crippen LogP contribution in [-0.4, -0.2) is 55.0 Å². The van der Waals surface area contributed by atoms with E-state index in [1.54, 1.807) is 4.90 Å². The van der Waals surface area contributed by atoms with Gasteiger partial charge in [0.1, 0.15) is 0 Å². The summed E-state index contributed by atoms with van der Waals surface area (Å²) in [5.74, 6) is 0.372. The summed E-state index contributed by atoms with van der Waals surface area (Å²) in [6.45, 7) is 7.02. The predicted molar refractivity (Wildman–Crippen MR) is 101 cm³/mol. The number of carbonyl (C=O) groups excluding carboxylic acids is 2. The van der Waals surface area contributed by atoms with Crippen LogP contribution < -0.4 is 5.32 Å². The average molecular weight is 345 g/mol. The number of benzene rings is 1. The zero-order valence-corrected chi connectivity index (χ0v) is 15.8. The SMILES string of the molecule is CCCCN(C)C(=O)c1cccc([C@H]2CCCN(C(=O)NCC)C2)c1. The van der Waals surface area contributed by atoms with Crippen molar-refractivity contribution in [1.82, 2.24) is 15.1 Å². The molecule has 0 saturated carbocycles. The minimum Gasteiger partial charge on any atom is -0.342 e. The van der Waals surface area contributed by atoms with Gasteiger partial charge in [0.05, 0.1) is 0 Å². The van der Waals surface area contributed by atoms with Crippen LogP contribution in [-0.2, 0) is 0 Å². The molecule has 0 radical (unpaired) electrons. The van der Waals surface area contributed by atoms with E-state index in [0.29, 0.717) is 12.5 Å². The summed E-state index contributed by atoms with van der Waals surface area (Å²) in [5.41, 5.74) is 1.90. The molecular formula is C20H31N3O2. The van der Waals surface area contributed by atoms with Crippen molar-refractivity contribution in [1.29, 1.82) is 0 Å². The van der Waals surface area contributed by atoms with Crippen molar-refractivity contribution < 1.29 is 9.59 Å². The number of carbonyl (C=O) groups is 2. The molecule has 1 N–H and O–H groups in total. The van der Waals surface area contributed by atoms with Crippen molar-refractivity contribution in [3.05, 3.63) is 35.4 Å². The third-order valence-electron chi connectivity index (χ3n) is 4.84. The standard InChI is InChI=1S/C20H31N3O2/c1-4-6-12-22(3)19(24)17-10-7-9-16(14-17)18-11-8-13-23(15-18)20(25)21-5-2/h7,9-10,14,18H,4-6,8,11-13,15H2,1-3H3,(H,21,25)/t18-/m0/s1. The van der Waals surface area contributed by atoms with E-state index in [2.05, 4.69) is 18.3 Å². The maximum atomic E-state index is 12.6. The minimum atomic E-state index is 0.0127. The van der Waals surface area contributed by atoms with Crippen molar-refractivity contribution in [3.63, 3.8) is 0 Å². The zero-order chi connectivity index (χ0) is 18.2. The number of urea groups is 1. The lowest BCUT2D eigenvalue weighted by Gasteiger charge is -2.33. The van der Waals surface area contributed by atoms with Gasteiger partial charge in [0.2, 0.25) is 0 Å². The van der Waals surface area contributed by atoms with Crippen molar-refractivity contribution in [2.24, 2.45) is 0 Å². The molecule has 3 amide bonds. The second-order valence-electron chi connectivity index (χ2n) is 6.83. The Labute approximate surface area is 151 Å². The van der Waals surface area contributed by atoms with Crippen LogP contribution in [0.1, 0.15) is 61.4 Å².